The molecule has 1 aliphatic heterocycles. The van der Waals surface area contributed by atoms with Crippen molar-refractivity contribution in [1.29, 1.82) is 0 Å². The van der Waals surface area contributed by atoms with Gasteiger partial charge >= 0.3 is 5.88 Å². The lowest BCUT2D eigenvalue weighted by molar-refractivity contribution is -0.675. The first kappa shape index (κ1) is 12.3. The molecule has 5 nitrogen and oxygen atoms in total. The third-order valence-corrected chi connectivity index (χ3v) is 3.73. The monoisotopic (exact) mass is 316 g/mol. The van der Waals surface area contributed by atoms with Crippen LogP contribution in [0.3, 0.4) is 0 Å². The van der Waals surface area contributed by atoms with Crippen molar-refractivity contribution in [1.82, 2.24) is 0 Å². The first-order chi connectivity index (χ1) is 7.75. The Labute approximate surface area is 112 Å². The Kier molecular flexibility index (Phi) is 3.30. The molecule has 0 aliphatic carbocycles. The molecule has 0 fully saturated rings. The van der Waals surface area contributed by atoms with Gasteiger partial charge in [0.1, 0.15) is 4.92 Å². The van der Waals surface area contributed by atoms with E-state index in [-0.39, 0.29) is 22.9 Å². The van der Waals surface area contributed by atoms with Crippen LogP contribution in [0.25, 0.3) is 11.5 Å². The SMILES string of the molecule is O=[N+]([O-])c1ccc(-c2csc3[n+]2CCC3)o1.[Br-]. The van der Waals surface area contributed by atoms with Crippen LogP contribution in [0.1, 0.15) is 11.4 Å². The van der Waals surface area contributed by atoms with Crippen LogP contribution in [0, 0.1) is 10.1 Å². The zero-order chi connectivity index (χ0) is 11.1. The molecular formula is C10H9BrN2O3S. The highest BCUT2D eigenvalue weighted by Gasteiger charge is 2.29. The van der Waals surface area contributed by atoms with Gasteiger partial charge in [0, 0.05) is 12.8 Å². The first-order valence-corrected chi connectivity index (χ1v) is 5.88. The van der Waals surface area contributed by atoms with E-state index in [4.69, 9.17) is 4.42 Å². The summed E-state index contributed by atoms with van der Waals surface area (Å²) in [5.41, 5.74) is 0.950. The van der Waals surface area contributed by atoms with Gasteiger partial charge in [0.05, 0.1) is 11.4 Å². The lowest BCUT2D eigenvalue weighted by Crippen LogP contribution is -3.00. The normalized spacial score (nSPS) is 13.2. The van der Waals surface area contributed by atoms with Crippen molar-refractivity contribution in [2.45, 2.75) is 19.4 Å². The molecule has 1 aliphatic rings. The zero-order valence-corrected chi connectivity index (χ0v) is 11.2. The van der Waals surface area contributed by atoms with E-state index in [1.54, 1.807) is 17.4 Å². The van der Waals surface area contributed by atoms with Gasteiger partial charge in [-0.25, -0.2) is 0 Å². The number of furan rings is 1. The number of aryl methyl sites for hydroxylation is 1. The van der Waals surface area contributed by atoms with Crippen LogP contribution in [0.15, 0.2) is 21.9 Å². The number of hydrogen-bond donors (Lipinski definition) is 0. The lowest BCUT2D eigenvalue weighted by atomic mass is 10.3. The van der Waals surface area contributed by atoms with Gasteiger partial charge in [-0.05, 0) is 6.07 Å². The van der Waals surface area contributed by atoms with E-state index < -0.39 is 4.92 Å². The van der Waals surface area contributed by atoms with E-state index in [1.807, 2.05) is 5.38 Å². The van der Waals surface area contributed by atoms with Gasteiger partial charge < -0.3 is 21.4 Å². The molecular weight excluding hydrogens is 308 g/mol. The number of nitrogens with zero attached hydrogens (tertiary/aromatic N) is 2. The minimum atomic E-state index is -0.513. The van der Waals surface area contributed by atoms with Gasteiger partial charge in [0.2, 0.25) is 10.8 Å². The summed E-state index contributed by atoms with van der Waals surface area (Å²) in [6.07, 6.45) is 2.23. The summed E-state index contributed by atoms with van der Waals surface area (Å²) in [6.45, 7) is 0.975. The molecule has 2 aromatic heterocycles. The predicted molar refractivity (Wildman–Crippen MR) is 57.2 cm³/mol. The molecule has 0 amide bonds. The topological polar surface area (TPSA) is 60.2 Å². The van der Waals surface area contributed by atoms with Crippen LogP contribution in [0.4, 0.5) is 5.88 Å². The maximum atomic E-state index is 10.5. The molecule has 2 aromatic rings. The Morgan fingerprint density at radius 1 is 1.47 bits per heavy atom. The Morgan fingerprint density at radius 3 is 3.00 bits per heavy atom. The van der Waals surface area contributed by atoms with Crippen molar-refractivity contribution in [2.75, 3.05) is 0 Å². The molecule has 7 heteroatoms. The zero-order valence-electron chi connectivity index (χ0n) is 8.76. The molecule has 0 saturated carbocycles. The molecule has 0 spiro atoms. The van der Waals surface area contributed by atoms with Crippen molar-refractivity contribution < 1.29 is 30.9 Å². The Morgan fingerprint density at radius 2 is 2.29 bits per heavy atom. The van der Waals surface area contributed by atoms with Crippen LogP contribution < -0.4 is 21.5 Å². The molecule has 0 bridgehead atoms. The average Bonchev–Trinajstić information content (AvgIpc) is 2.92. The van der Waals surface area contributed by atoms with Gasteiger partial charge in [0.15, 0.2) is 6.54 Å². The third-order valence-electron chi connectivity index (χ3n) is 2.70. The van der Waals surface area contributed by atoms with Crippen LogP contribution in [-0.4, -0.2) is 4.92 Å². The fraction of sp³-hybridized carbons (Fsp3) is 0.300. The summed E-state index contributed by atoms with van der Waals surface area (Å²) >= 11 is 1.68. The number of aromatic nitrogens is 1. The number of rotatable bonds is 2. The van der Waals surface area contributed by atoms with E-state index >= 15 is 0 Å². The molecule has 0 saturated heterocycles. The molecule has 3 heterocycles. The number of nitro groups is 1. The predicted octanol–water partition coefficient (Wildman–Crippen LogP) is -0.846. The summed E-state index contributed by atoms with van der Waals surface area (Å²) in [5.74, 6) is 0.379. The molecule has 0 radical (unpaired) electrons. The van der Waals surface area contributed by atoms with Gasteiger partial charge in [-0.15, -0.1) is 0 Å². The van der Waals surface area contributed by atoms with Gasteiger partial charge in [0.25, 0.3) is 5.69 Å². The van der Waals surface area contributed by atoms with Crippen molar-refractivity contribution >= 4 is 17.2 Å². The third kappa shape index (κ3) is 2.00. The number of hydrogen-bond acceptors (Lipinski definition) is 4. The Hall–Kier alpha value is -1.21. The van der Waals surface area contributed by atoms with Crippen molar-refractivity contribution in [3.63, 3.8) is 0 Å². The highest BCUT2D eigenvalue weighted by molar-refractivity contribution is 7.09. The first-order valence-electron chi connectivity index (χ1n) is 5.00. The standard InChI is InChI=1S/C10H9N2O3S.BrH/c13-12(14)9-4-3-8(15-9)7-6-16-10-2-1-5-11(7)10;/h3-4,6H,1-2,5H2;1H/q+1;/p-1. The van der Waals surface area contributed by atoms with Crippen molar-refractivity contribution in [2.24, 2.45) is 0 Å². The fourth-order valence-corrected chi connectivity index (χ4v) is 3.04. The summed E-state index contributed by atoms with van der Waals surface area (Å²) in [4.78, 5) is 10.0. The molecule has 90 valence electrons. The fourth-order valence-electron chi connectivity index (χ4n) is 1.97. The lowest BCUT2D eigenvalue weighted by Gasteiger charge is -1.89. The summed E-state index contributed by atoms with van der Waals surface area (Å²) in [5, 5.41) is 13.8. The van der Waals surface area contributed by atoms with Crippen molar-refractivity contribution in [3.8, 4) is 11.5 Å². The average molecular weight is 317 g/mol. The van der Waals surface area contributed by atoms with Crippen LogP contribution in [0.5, 0.6) is 0 Å². The van der Waals surface area contributed by atoms with Gasteiger partial charge in [-0.2, -0.15) is 4.57 Å². The van der Waals surface area contributed by atoms with Crippen LogP contribution in [0.2, 0.25) is 0 Å². The maximum Gasteiger partial charge on any atom is 0.433 e. The smallest absolute Gasteiger partial charge is 0.433 e. The van der Waals surface area contributed by atoms with Crippen LogP contribution >= 0.6 is 11.3 Å². The van der Waals surface area contributed by atoms with Gasteiger partial charge in [-0.3, -0.25) is 10.1 Å². The number of fused-ring (bicyclic) bond motifs is 1. The largest absolute Gasteiger partial charge is 1.00 e. The number of halogens is 1. The van der Waals surface area contributed by atoms with Gasteiger partial charge in [-0.1, -0.05) is 11.3 Å². The minimum Gasteiger partial charge on any atom is -1.00 e. The maximum absolute atomic E-state index is 10.5. The minimum absolute atomic E-state index is 0. The van der Waals surface area contributed by atoms with E-state index in [0.717, 1.165) is 25.1 Å². The summed E-state index contributed by atoms with van der Waals surface area (Å²) in [7, 11) is 0. The second-order valence-corrected chi connectivity index (χ2v) is 4.61. The summed E-state index contributed by atoms with van der Waals surface area (Å²) in [6, 6.07) is 3.06. The highest BCUT2D eigenvalue weighted by atomic mass is 79.9. The highest BCUT2D eigenvalue weighted by Crippen LogP contribution is 2.28. The van der Waals surface area contributed by atoms with Crippen LogP contribution in [-0.2, 0) is 13.0 Å². The second kappa shape index (κ2) is 4.58. The molecule has 3 rings (SSSR count). The Balaban J connectivity index is 0.00000108. The Bertz CT molecular complexity index is 564. The molecule has 17 heavy (non-hydrogen) atoms. The summed E-state index contributed by atoms with van der Waals surface area (Å²) < 4.78 is 7.38. The van der Waals surface area contributed by atoms with E-state index in [9.17, 15) is 10.1 Å². The van der Waals surface area contributed by atoms with E-state index in [2.05, 4.69) is 4.57 Å². The quantitative estimate of drug-likeness (QED) is 0.412. The molecule has 0 atom stereocenters. The molecule has 0 unspecified atom stereocenters. The van der Waals surface area contributed by atoms with E-state index in [0.29, 0.717) is 5.76 Å². The van der Waals surface area contributed by atoms with E-state index in [1.165, 1.54) is 11.1 Å². The molecule has 0 N–H and O–H groups in total. The number of thiazole rings is 1. The van der Waals surface area contributed by atoms with Crippen molar-refractivity contribution in [3.05, 3.63) is 32.6 Å². The second-order valence-electron chi connectivity index (χ2n) is 3.66. The molecule has 0 aromatic carbocycles.